The van der Waals surface area contributed by atoms with Crippen molar-refractivity contribution in [3.05, 3.63) is 51.5 Å². The van der Waals surface area contributed by atoms with Crippen LogP contribution in [0, 0.1) is 13.8 Å². The maximum Gasteiger partial charge on any atom is 0.330 e. The number of aromatic nitrogens is 5. The minimum atomic E-state index is -0.0677. The molecule has 0 atom stereocenters. The first-order valence-electron chi connectivity index (χ1n) is 10.3. The van der Waals surface area contributed by atoms with E-state index in [1.54, 1.807) is 33.7 Å². The van der Waals surface area contributed by atoms with Crippen molar-refractivity contribution in [3.8, 4) is 10.6 Å². The number of nitrogens with one attached hydrogen (secondary N) is 1. The number of thiophene rings is 1. The number of rotatable bonds is 4. The largest absolute Gasteiger partial charge is 0.381 e. The number of fused-ring (bicyclic) bond motifs is 1. The minimum Gasteiger partial charge on any atom is -0.381 e. The Balaban J connectivity index is 1.50. The summed E-state index contributed by atoms with van der Waals surface area (Å²) in [7, 11) is 1.76. The zero-order valence-electron chi connectivity index (χ0n) is 17.8. The number of ether oxygens (including phenoxy) is 1. The lowest BCUT2D eigenvalue weighted by Gasteiger charge is -2.22. The topological polar surface area (TPSA) is 86.9 Å². The van der Waals surface area contributed by atoms with Gasteiger partial charge in [0.25, 0.3) is 0 Å². The molecule has 160 valence electrons. The van der Waals surface area contributed by atoms with Gasteiger partial charge in [0.05, 0.1) is 28.7 Å². The molecule has 4 aromatic heterocycles. The Morgan fingerprint density at radius 3 is 2.68 bits per heavy atom. The second-order valence-corrected chi connectivity index (χ2v) is 8.82. The maximum absolute atomic E-state index is 12.9. The van der Waals surface area contributed by atoms with Crippen molar-refractivity contribution in [2.75, 3.05) is 18.5 Å². The normalized spacial score (nSPS) is 14.9. The highest BCUT2D eigenvalue weighted by Gasteiger charge is 2.23. The van der Waals surface area contributed by atoms with Crippen LogP contribution in [0.5, 0.6) is 0 Å². The molecule has 1 fully saturated rings. The van der Waals surface area contributed by atoms with Crippen LogP contribution in [0.1, 0.15) is 30.0 Å². The van der Waals surface area contributed by atoms with Gasteiger partial charge in [-0.25, -0.2) is 9.78 Å². The van der Waals surface area contributed by atoms with Gasteiger partial charge in [0.1, 0.15) is 5.52 Å². The summed E-state index contributed by atoms with van der Waals surface area (Å²) in [6.45, 7) is 5.45. The molecule has 0 unspecified atom stereocenters. The van der Waals surface area contributed by atoms with Crippen LogP contribution >= 0.6 is 11.3 Å². The van der Waals surface area contributed by atoms with E-state index in [4.69, 9.17) is 9.72 Å². The molecule has 5 heterocycles. The first-order valence-corrected chi connectivity index (χ1v) is 11.2. The van der Waals surface area contributed by atoms with E-state index in [-0.39, 0.29) is 11.7 Å². The van der Waals surface area contributed by atoms with Gasteiger partial charge in [0.2, 0.25) is 5.95 Å². The number of hydrogen-bond acceptors (Lipinski definition) is 7. The van der Waals surface area contributed by atoms with Crippen molar-refractivity contribution in [1.29, 1.82) is 0 Å². The molecule has 0 bridgehead atoms. The van der Waals surface area contributed by atoms with Gasteiger partial charge < -0.3 is 10.1 Å². The van der Waals surface area contributed by atoms with Crippen LogP contribution < -0.4 is 11.0 Å². The quantitative estimate of drug-likeness (QED) is 0.521. The fourth-order valence-corrected chi connectivity index (χ4v) is 4.93. The second kappa shape index (κ2) is 7.90. The van der Waals surface area contributed by atoms with E-state index in [0.29, 0.717) is 24.8 Å². The zero-order valence-corrected chi connectivity index (χ0v) is 18.6. The summed E-state index contributed by atoms with van der Waals surface area (Å²) in [5.41, 5.74) is 5.38. The van der Waals surface area contributed by atoms with E-state index in [9.17, 15) is 4.79 Å². The molecule has 1 N–H and O–H groups in total. The average molecular weight is 437 g/mol. The molecular formula is C22H24N6O2S. The Hall–Kier alpha value is -3.04. The van der Waals surface area contributed by atoms with Gasteiger partial charge in [0.15, 0.2) is 5.65 Å². The monoisotopic (exact) mass is 436 g/mol. The van der Waals surface area contributed by atoms with E-state index < -0.39 is 0 Å². The molecular weight excluding hydrogens is 412 g/mol. The number of imidazole rings is 1. The van der Waals surface area contributed by atoms with Gasteiger partial charge in [0, 0.05) is 26.3 Å². The Labute approximate surface area is 183 Å². The number of pyridine rings is 1. The molecule has 0 aliphatic carbocycles. The molecule has 0 spiro atoms. The number of hydrogen-bond donors (Lipinski definition) is 1. The highest BCUT2D eigenvalue weighted by molar-refractivity contribution is 7.13. The fourth-order valence-electron chi connectivity index (χ4n) is 4.03. The van der Waals surface area contributed by atoms with E-state index in [1.807, 2.05) is 13.1 Å². The van der Waals surface area contributed by atoms with Gasteiger partial charge in [-0.05, 0) is 55.3 Å². The molecule has 8 nitrogen and oxygen atoms in total. The third-order valence-electron chi connectivity index (χ3n) is 5.84. The van der Waals surface area contributed by atoms with Crippen LogP contribution in [0.4, 0.5) is 11.6 Å². The predicted octanol–water partition coefficient (Wildman–Crippen LogP) is 3.97. The van der Waals surface area contributed by atoms with Gasteiger partial charge in [-0.2, -0.15) is 4.98 Å². The summed E-state index contributed by atoms with van der Waals surface area (Å²) in [5.74, 6) is 0.448. The second-order valence-electron chi connectivity index (χ2n) is 7.90. The SMILES string of the molecule is Cc1cc(-c2sccc2C)ncc1Nc1ncc2c(n1)n(C1CCOCC1)c(=O)n2C. The highest BCUT2D eigenvalue weighted by Crippen LogP contribution is 2.30. The molecule has 5 rings (SSSR count). The average Bonchev–Trinajstić information content (AvgIpc) is 3.31. The lowest BCUT2D eigenvalue weighted by molar-refractivity contribution is 0.0695. The minimum absolute atomic E-state index is 0.0677. The summed E-state index contributed by atoms with van der Waals surface area (Å²) in [6, 6.07) is 4.26. The van der Waals surface area contributed by atoms with E-state index in [2.05, 4.69) is 39.7 Å². The van der Waals surface area contributed by atoms with Gasteiger partial charge >= 0.3 is 5.69 Å². The Morgan fingerprint density at radius 2 is 1.97 bits per heavy atom. The van der Waals surface area contributed by atoms with Crippen molar-refractivity contribution in [1.82, 2.24) is 24.1 Å². The molecule has 31 heavy (non-hydrogen) atoms. The Morgan fingerprint density at radius 1 is 1.16 bits per heavy atom. The molecule has 4 aromatic rings. The Kier molecular flexibility index (Phi) is 5.07. The summed E-state index contributed by atoms with van der Waals surface area (Å²) in [4.78, 5) is 27.8. The van der Waals surface area contributed by atoms with Crippen LogP contribution in [-0.2, 0) is 11.8 Å². The van der Waals surface area contributed by atoms with Crippen molar-refractivity contribution < 1.29 is 4.74 Å². The van der Waals surface area contributed by atoms with Crippen molar-refractivity contribution in [2.24, 2.45) is 7.05 Å². The summed E-state index contributed by atoms with van der Waals surface area (Å²) < 4.78 is 8.87. The van der Waals surface area contributed by atoms with Crippen molar-refractivity contribution >= 4 is 34.1 Å². The lowest BCUT2D eigenvalue weighted by atomic mass is 10.1. The number of nitrogens with zero attached hydrogens (tertiary/aromatic N) is 5. The zero-order chi connectivity index (χ0) is 21.5. The number of anilines is 2. The highest BCUT2D eigenvalue weighted by atomic mass is 32.1. The first kappa shape index (κ1) is 19.9. The maximum atomic E-state index is 12.9. The molecule has 0 saturated carbocycles. The van der Waals surface area contributed by atoms with Crippen LogP contribution in [0.3, 0.4) is 0 Å². The molecule has 1 aliphatic rings. The van der Waals surface area contributed by atoms with Crippen LogP contribution in [-0.4, -0.2) is 37.3 Å². The van der Waals surface area contributed by atoms with Gasteiger partial charge in [-0.1, -0.05) is 0 Å². The third kappa shape index (κ3) is 3.53. The van der Waals surface area contributed by atoms with Gasteiger partial charge in [-0.15, -0.1) is 11.3 Å². The van der Waals surface area contributed by atoms with Crippen molar-refractivity contribution in [3.63, 3.8) is 0 Å². The standard InChI is InChI=1S/C22H24N6O2S/c1-13-6-9-31-19(13)16-10-14(2)17(11-23-16)25-21-24-12-18-20(26-21)28(22(29)27(18)3)15-4-7-30-8-5-15/h6,9-12,15H,4-5,7-8H2,1-3H3,(H,24,25,26). The molecule has 1 saturated heterocycles. The number of aryl methyl sites for hydroxylation is 3. The van der Waals surface area contributed by atoms with Crippen LogP contribution in [0.25, 0.3) is 21.7 Å². The van der Waals surface area contributed by atoms with Crippen molar-refractivity contribution in [2.45, 2.75) is 32.7 Å². The lowest BCUT2D eigenvalue weighted by Crippen LogP contribution is -2.30. The fraction of sp³-hybridized carbons (Fsp3) is 0.364. The van der Waals surface area contributed by atoms with Crippen LogP contribution in [0.15, 0.2) is 34.7 Å². The predicted molar refractivity (Wildman–Crippen MR) is 122 cm³/mol. The summed E-state index contributed by atoms with van der Waals surface area (Å²) in [6.07, 6.45) is 5.12. The summed E-state index contributed by atoms with van der Waals surface area (Å²) >= 11 is 1.69. The molecule has 0 amide bonds. The Bertz CT molecular complexity index is 1320. The first-order chi connectivity index (χ1) is 15.0. The van der Waals surface area contributed by atoms with Gasteiger partial charge in [-0.3, -0.25) is 14.1 Å². The van der Waals surface area contributed by atoms with E-state index in [1.165, 1.54) is 10.4 Å². The smallest absolute Gasteiger partial charge is 0.330 e. The molecule has 1 aliphatic heterocycles. The molecule has 0 aromatic carbocycles. The third-order valence-corrected chi connectivity index (χ3v) is 6.88. The molecule has 9 heteroatoms. The van der Waals surface area contributed by atoms with E-state index >= 15 is 0 Å². The van der Waals surface area contributed by atoms with E-state index in [0.717, 1.165) is 35.3 Å². The van der Waals surface area contributed by atoms with Crippen LogP contribution in [0.2, 0.25) is 0 Å². The summed E-state index contributed by atoms with van der Waals surface area (Å²) in [5, 5.41) is 5.36. The molecule has 0 radical (unpaired) electrons.